The van der Waals surface area contributed by atoms with Crippen LogP contribution >= 0.6 is 28.1 Å². The summed E-state index contributed by atoms with van der Waals surface area (Å²) in [7, 11) is 0. The number of hydrogen-bond acceptors (Lipinski definition) is 2. The molecule has 0 radical (unpaired) electrons. The van der Waals surface area contributed by atoms with E-state index in [9.17, 15) is 8.78 Å². The Labute approximate surface area is 122 Å². The van der Waals surface area contributed by atoms with Gasteiger partial charge in [0.05, 0.1) is 4.47 Å². The van der Waals surface area contributed by atoms with Crippen LogP contribution in [0.4, 0.5) is 8.78 Å². The molecule has 0 unspecified atom stereocenters. The lowest BCUT2D eigenvalue weighted by atomic mass is 10.2. The summed E-state index contributed by atoms with van der Waals surface area (Å²) in [5.41, 5.74) is 5.80. The Morgan fingerprint density at radius 2 is 1.84 bits per heavy atom. The van der Waals surface area contributed by atoms with Gasteiger partial charge in [0.1, 0.15) is 16.6 Å². The van der Waals surface area contributed by atoms with Crippen LogP contribution in [0.2, 0.25) is 0 Å². The standard InChI is InChI=1S/C13H8BrF2NOS/c14-9-3-2-8(15)6-12(9)18-11-4-1-7(13(17)19)5-10(11)16/h1-6H,(H2,17,19). The summed E-state index contributed by atoms with van der Waals surface area (Å²) < 4.78 is 32.7. The lowest BCUT2D eigenvalue weighted by Gasteiger charge is -2.09. The van der Waals surface area contributed by atoms with Gasteiger partial charge >= 0.3 is 0 Å². The molecule has 0 heterocycles. The summed E-state index contributed by atoms with van der Waals surface area (Å²) in [5, 5.41) is 0. The van der Waals surface area contributed by atoms with E-state index in [4.69, 9.17) is 22.7 Å². The molecule has 0 atom stereocenters. The van der Waals surface area contributed by atoms with Gasteiger partial charge in [-0.15, -0.1) is 0 Å². The van der Waals surface area contributed by atoms with Crippen molar-refractivity contribution in [2.75, 3.05) is 0 Å². The van der Waals surface area contributed by atoms with Crippen molar-refractivity contribution in [3.63, 3.8) is 0 Å². The Balaban J connectivity index is 2.33. The highest BCUT2D eigenvalue weighted by atomic mass is 79.9. The molecule has 0 aliphatic carbocycles. The normalized spacial score (nSPS) is 10.3. The predicted molar refractivity (Wildman–Crippen MR) is 76.5 cm³/mol. The van der Waals surface area contributed by atoms with Crippen LogP contribution in [0.1, 0.15) is 5.56 Å². The minimum absolute atomic E-state index is 0.0358. The first-order valence-corrected chi connectivity index (χ1v) is 6.40. The molecule has 2 aromatic carbocycles. The first kappa shape index (κ1) is 13.9. The van der Waals surface area contributed by atoms with Crippen molar-refractivity contribution in [3.05, 3.63) is 58.1 Å². The van der Waals surface area contributed by atoms with E-state index in [0.29, 0.717) is 10.0 Å². The zero-order valence-corrected chi connectivity index (χ0v) is 11.9. The van der Waals surface area contributed by atoms with Crippen molar-refractivity contribution in [3.8, 4) is 11.5 Å². The van der Waals surface area contributed by atoms with Crippen molar-refractivity contribution >= 4 is 33.1 Å². The highest BCUT2D eigenvalue weighted by Crippen LogP contribution is 2.31. The SMILES string of the molecule is NC(=S)c1ccc(Oc2cc(F)ccc2Br)c(F)c1. The van der Waals surface area contributed by atoms with E-state index < -0.39 is 11.6 Å². The van der Waals surface area contributed by atoms with E-state index in [0.717, 1.165) is 6.07 Å². The number of thiocarbonyl (C=S) groups is 1. The lowest BCUT2D eigenvalue weighted by molar-refractivity contribution is 0.436. The second-order valence-corrected chi connectivity index (χ2v) is 4.98. The highest BCUT2D eigenvalue weighted by molar-refractivity contribution is 9.10. The van der Waals surface area contributed by atoms with Crippen molar-refractivity contribution in [2.24, 2.45) is 5.73 Å². The Morgan fingerprint density at radius 1 is 1.11 bits per heavy atom. The fraction of sp³-hybridized carbons (Fsp3) is 0. The largest absolute Gasteiger partial charge is 0.453 e. The van der Waals surface area contributed by atoms with Crippen molar-refractivity contribution in [1.29, 1.82) is 0 Å². The zero-order chi connectivity index (χ0) is 14.0. The molecule has 98 valence electrons. The monoisotopic (exact) mass is 343 g/mol. The van der Waals surface area contributed by atoms with Crippen LogP contribution in [0.3, 0.4) is 0 Å². The van der Waals surface area contributed by atoms with Gasteiger partial charge in [0.2, 0.25) is 0 Å². The number of ether oxygens (including phenoxy) is 1. The van der Waals surface area contributed by atoms with E-state index in [-0.39, 0.29) is 16.5 Å². The van der Waals surface area contributed by atoms with Gasteiger partial charge in [0, 0.05) is 11.6 Å². The van der Waals surface area contributed by atoms with Crippen LogP contribution in [-0.2, 0) is 0 Å². The fourth-order valence-electron chi connectivity index (χ4n) is 1.41. The molecule has 0 amide bonds. The van der Waals surface area contributed by atoms with E-state index >= 15 is 0 Å². The number of benzene rings is 2. The molecule has 0 bridgehead atoms. The summed E-state index contributed by atoms with van der Waals surface area (Å²) in [4.78, 5) is 0.0948. The minimum Gasteiger partial charge on any atom is -0.453 e. The summed E-state index contributed by atoms with van der Waals surface area (Å²) in [5.74, 6) is -0.951. The third kappa shape index (κ3) is 3.27. The molecular formula is C13H8BrF2NOS. The topological polar surface area (TPSA) is 35.2 Å². The fourth-order valence-corrected chi connectivity index (χ4v) is 1.87. The van der Waals surface area contributed by atoms with Gasteiger partial charge in [0.15, 0.2) is 11.6 Å². The van der Waals surface area contributed by atoms with Crippen molar-refractivity contribution in [1.82, 2.24) is 0 Å². The van der Waals surface area contributed by atoms with E-state index in [2.05, 4.69) is 15.9 Å². The van der Waals surface area contributed by atoms with E-state index in [1.807, 2.05) is 0 Å². The lowest BCUT2D eigenvalue weighted by Crippen LogP contribution is -2.09. The molecule has 0 spiro atoms. The molecular weight excluding hydrogens is 336 g/mol. The predicted octanol–water partition coefficient (Wildman–Crippen LogP) is 4.15. The smallest absolute Gasteiger partial charge is 0.166 e. The molecule has 2 rings (SSSR count). The third-order valence-electron chi connectivity index (χ3n) is 2.33. The molecule has 2 aromatic rings. The van der Waals surface area contributed by atoms with E-state index in [1.165, 1.54) is 30.3 Å². The highest BCUT2D eigenvalue weighted by Gasteiger charge is 2.10. The maximum absolute atomic E-state index is 13.8. The van der Waals surface area contributed by atoms with Crippen molar-refractivity contribution in [2.45, 2.75) is 0 Å². The molecule has 0 aromatic heterocycles. The second kappa shape index (κ2) is 5.63. The molecule has 0 aliphatic heterocycles. The van der Waals surface area contributed by atoms with E-state index in [1.54, 1.807) is 0 Å². The average molecular weight is 344 g/mol. The van der Waals surface area contributed by atoms with Gasteiger partial charge in [-0.3, -0.25) is 0 Å². The molecule has 2 N–H and O–H groups in total. The summed E-state index contributed by atoms with van der Waals surface area (Å²) in [6, 6.07) is 8.00. The Bertz CT molecular complexity index is 649. The summed E-state index contributed by atoms with van der Waals surface area (Å²) in [6.45, 7) is 0. The number of halogens is 3. The maximum atomic E-state index is 13.8. The van der Waals surface area contributed by atoms with Gasteiger partial charge in [-0.25, -0.2) is 8.78 Å². The quantitative estimate of drug-likeness (QED) is 0.850. The van der Waals surface area contributed by atoms with Gasteiger partial charge < -0.3 is 10.5 Å². The van der Waals surface area contributed by atoms with Crippen LogP contribution in [-0.4, -0.2) is 4.99 Å². The Kier molecular flexibility index (Phi) is 4.11. The number of rotatable bonds is 3. The molecule has 0 saturated carbocycles. The molecule has 0 aliphatic rings. The Morgan fingerprint density at radius 3 is 2.47 bits per heavy atom. The third-order valence-corrected chi connectivity index (χ3v) is 3.22. The van der Waals surface area contributed by atoms with Crippen LogP contribution < -0.4 is 10.5 Å². The molecule has 0 fully saturated rings. The van der Waals surface area contributed by atoms with Crippen LogP contribution in [0.5, 0.6) is 11.5 Å². The zero-order valence-electron chi connectivity index (χ0n) is 9.49. The number of hydrogen-bond donors (Lipinski definition) is 1. The van der Waals surface area contributed by atoms with Crippen molar-refractivity contribution < 1.29 is 13.5 Å². The summed E-state index contributed by atoms with van der Waals surface area (Å²) >= 11 is 7.94. The van der Waals surface area contributed by atoms with Gasteiger partial charge in [-0.2, -0.15) is 0 Å². The minimum atomic E-state index is -0.624. The average Bonchev–Trinajstić information content (AvgIpc) is 2.36. The first-order valence-electron chi connectivity index (χ1n) is 5.19. The molecule has 19 heavy (non-hydrogen) atoms. The van der Waals surface area contributed by atoms with Crippen LogP contribution in [0, 0.1) is 11.6 Å². The van der Waals surface area contributed by atoms with Gasteiger partial charge in [0.25, 0.3) is 0 Å². The van der Waals surface area contributed by atoms with Crippen LogP contribution in [0.25, 0.3) is 0 Å². The van der Waals surface area contributed by atoms with Crippen LogP contribution in [0.15, 0.2) is 40.9 Å². The molecule has 0 saturated heterocycles. The molecule has 6 heteroatoms. The van der Waals surface area contributed by atoms with Gasteiger partial charge in [-0.05, 0) is 46.3 Å². The number of nitrogens with two attached hydrogens (primary N) is 1. The second-order valence-electron chi connectivity index (χ2n) is 3.69. The maximum Gasteiger partial charge on any atom is 0.166 e. The van der Waals surface area contributed by atoms with Gasteiger partial charge in [-0.1, -0.05) is 12.2 Å². The first-order chi connectivity index (χ1) is 8.97. The summed E-state index contributed by atoms with van der Waals surface area (Å²) in [6.07, 6.45) is 0. The molecule has 2 nitrogen and oxygen atoms in total. The Hall–Kier alpha value is -1.53.